The molecule has 3 aromatic rings. The number of nitrogens with two attached hydrogens (primary N) is 1. The van der Waals surface area contributed by atoms with Crippen LogP contribution in [0.5, 0.6) is 0 Å². The van der Waals surface area contributed by atoms with Crippen LogP contribution in [-0.2, 0) is 10.9 Å². The average molecular weight is 555 g/mol. The Morgan fingerprint density at radius 2 is 2.03 bits per heavy atom. The number of rotatable bonds is 6. The van der Waals surface area contributed by atoms with Gasteiger partial charge in [0, 0.05) is 29.9 Å². The van der Waals surface area contributed by atoms with Gasteiger partial charge in [-0.15, -0.1) is 0 Å². The van der Waals surface area contributed by atoms with Gasteiger partial charge in [-0.3, -0.25) is 5.32 Å². The maximum absolute atomic E-state index is 13.9. The van der Waals surface area contributed by atoms with Gasteiger partial charge in [-0.2, -0.15) is 13.2 Å². The third kappa shape index (κ3) is 5.37. The Labute approximate surface area is 208 Å². The summed E-state index contributed by atoms with van der Waals surface area (Å²) in [5, 5.41) is 6.18. The SMILES string of the molecule is COC(=O)Nc1ccc2c(-c3nc(NC[C@H]4CCCC[C@H]4CN)ncc3C(F)(F)F)c[nH]c2c1Br. The maximum atomic E-state index is 13.9. The summed E-state index contributed by atoms with van der Waals surface area (Å²) in [6, 6.07) is 3.19. The molecule has 1 saturated carbocycles. The lowest BCUT2D eigenvalue weighted by atomic mass is 9.79. The second kappa shape index (κ2) is 10.4. The molecule has 1 amide bonds. The van der Waals surface area contributed by atoms with Crippen molar-refractivity contribution in [2.75, 3.05) is 30.8 Å². The van der Waals surface area contributed by atoms with Gasteiger partial charge in [-0.25, -0.2) is 14.8 Å². The lowest BCUT2D eigenvalue weighted by Crippen LogP contribution is -2.31. The largest absolute Gasteiger partial charge is 0.453 e. The monoisotopic (exact) mass is 554 g/mol. The molecular weight excluding hydrogens is 529 g/mol. The number of carbonyl (C=O) groups is 1. The van der Waals surface area contributed by atoms with Crippen molar-refractivity contribution in [3.63, 3.8) is 0 Å². The van der Waals surface area contributed by atoms with Crippen LogP contribution in [0.15, 0.2) is 29.0 Å². The minimum atomic E-state index is -4.64. The fourth-order valence-electron chi connectivity index (χ4n) is 4.58. The van der Waals surface area contributed by atoms with Crippen LogP contribution in [0.4, 0.5) is 29.6 Å². The quantitative estimate of drug-likeness (QED) is 0.307. The number of nitrogens with one attached hydrogen (secondary N) is 3. The number of ether oxygens (including phenoxy) is 1. The van der Waals surface area contributed by atoms with E-state index >= 15 is 0 Å². The number of alkyl halides is 3. The number of nitrogens with zero attached hydrogens (tertiary/aromatic N) is 2. The summed E-state index contributed by atoms with van der Waals surface area (Å²) in [7, 11) is 1.23. The molecular formula is C23H26BrF3N6O2. The van der Waals surface area contributed by atoms with Crippen molar-refractivity contribution in [2.45, 2.75) is 31.9 Å². The van der Waals surface area contributed by atoms with Gasteiger partial charge in [0.25, 0.3) is 0 Å². The van der Waals surface area contributed by atoms with E-state index in [9.17, 15) is 18.0 Å². The topological polar surface area (TPSA) is 118 Å². The summed E-state index contributed by atoms with van der Waals surface area (Å²) in [5.41, 5.74) is 5.91. The smallest absolute Gasteiger partial charge is 0.419 e. The Kier molecular flexibility index (Phi) is 7.50. The van der Waals surface area contributed by atoms with Crippen LogP contribution in [-0.4, -0.2) is 41.2 Å². The molecule has 188 valence electrons. The maximum Gasteiger partial charge on any atom is 0.419 e. The van der Waals surface area contributed by atoms with Crippen molar-refractivity contribution in [1.29, 1.82) is 0 Å². The molecule has 8 nitrogen and oxygen atoms in total. The molecule has 12 heteroatoms. The number of anilines is 2. The number of carbonyl (C=O) groups excluding carboxylic acids is 1. The Balaban J connectivity index is 1.69. The van der Waals surface area contributed by atoms with Crippen LogP contribution in [0.1, 0.15) is 31.2 Å². The van der Waals surface area contributed by atoms with Gasteiger partial charge in [0.2, 0.25) is 5.95 Å². The van der Waals surface area contributed by atoms with Crippen LogP contribution < -0.4 is 16.4 Å². The zero-order valence-corrected chi connectivity index (χ0v) is 20.6. The fourth-order valence-corrected chi connectivity index (χ4v) is 5.14. The molecule has 35 heavy (non-hydrogen) atoms. The van der Waals surface area contributed by atoms with Gasteiger partial charge in [0.1, 0.15) is 5.56 Å². The second-order valence-corrected chi connectivity index (χ2v) is 9.34. The number of amides is 1. The molecule has 0 spiro atoms. The Hall–Kier alpha value is -2.86. The zero-order valence-electron chi connectivity index (χ0n) is 19.0. The Morgan fingerprint density at radius 1 is 1.29 bits per heavy atom. The van der Waals surface area contributed by atoms with E-state index in [4.69, 9.17) is 5.73 Å². The molecule has 1 aliphatic carbocycles. The molecule has 0 aliphatic heterocycles. The zero-order chi connectivity index (χ0) is 25.2. The first-order chi connectivity index (χ1) is 16.7. The lowest BCUT2D eigenvalue weighted by Gasteiger charge is -2.30. The van der Waals surface area contributed by atoms with E-state index in [1.54, 1.807) is 12.1 Å². The summed E-state index contributed by atoms with van der Waals surface area (Å²) in [6.07, 6.45) is 1.29. The normalized spacial score (nSPS) is 18.5. The van der Waals surface area contributed by atoms with E-state index in [2.05, 4.69) is 46.3 Å². The van der Waals surface area contributed by atoms with Crippen molar-refractivity contribution in [3.8, 4) is 11.3 Å². The van der Waals surface area contributed by atoms with Crippen molar-refractivity contribution >= 4 is 44.6 Å². The molecule has 5 N–H and O–H groups in total. The van der Waals surface area contributed by atoms with Crippen molar-refractivity contribution in [1.82, 2.24) is 15.0 Å². The predicted octanol–water partition coefficient (Wildman–Crippen LogP) is 5.76. The molecule has 0 radical (unpaired) electrons. The van der Waals surface area contributed by atoms with Gasteiger partial charge < -0.3 is 20.8 Å². The molecule has 0 bridgehead atoms. The number of halogens is 4. The number of methoxy groups -OCH3 is 1. The first-order valence-electron chi connectivity index (χ1n) is 11.3. The van der Waals surface area contributed by atoms with Crippen LogP contribution >= 0.6 is 15.9 Å². The van der Waals surface area contributed by atoms with Gasteiger partial charge in [0.15, 0.2) is 0 Å². The number of H-pyrrole nitrogens is 1. The Morgan fingerprint density at radius 3 is 2.71 bits per heavy atom. The number of fused-ring (bicyclic) bond motifs is 1. The molecule has 1 aromatic carbocycles. The first-order valence-corrected chi connectivity index (χ1v) is 12.0. The number of benzene rings is 1. The molecule has 1 fully saturated rings. The van der Waals surface area contributed by atoms with Crippen molar-refractivity contribution < 1.29 is 22.7 Å². The van der Waals surface area contributed by atoms with Crippen LogP contribution in [0.2, 0.25) is 0 Å². The minimum absolute atomic E-state index is 0.131. The predicted molar refractivity (Wildman–Crippen MR) is 131 cm³/mol. The van der Waals surface area contributed by atoms with Crippen LogP contribution in [0.3, 0.4) is 0 Å². The molecule has 1 aliphatic rings. The third-order valence-electron chi connectivity index (χ3n) is 6.46. The standard InChI is InChI=1S/C23H26BrF3N6O2/c1-35-22(34)32-17-7-6-14-15(10-29-20(14)18(17)24)19-16(23(25,26)27)11-31-21(33-19)30-9-13-5-3-2-4-12(13)8-28/h6-7,10-13,29H,2-5,8-9,28H2,1H3,(H,32,34)(H,30,31,33)/t12-,13+/m0/s1. The van der Waals surface area contributed by atoms with Crippen LogP contribution in [0, 0.1) is 11.8 Å². The fraction of sp³-hybridized carbons (Fsp3) is 0.435. The lowest BCUT2D eigenvalue weighted by molar-refractivity contribution is -0.137. The Bertz CT molecular complexity index is 1220. The molecule has 4 rings (SSSR count). The summed E-state index contributed by atoms with van der Waals surface area (Å²) in [4.78, 5) is 22.8. The number of aromatic nitrogens is 3. The summed E-state index contributed by atoms with van der Waals surface area (Å²) in [6.45, 7) is 1.14. The van der Waals surface area contributed by atoms with E-state index in [0.29, 0.717) is 46.0 Å². The summed E-state index contributed by atoms with van der Waals surface area (Å²) >= 11 is 3.40. The number of aromatic amines is 1. The highest BCUT2D eigenvalue weighted by atomic mass is 79.9. The van der Waals surface area contributed by atoms with Gasteiger partial charge in [-0.05, 0) is 53.2 Å². The minimum Gasteiger partial charge on any atom is -0.453 e. The highest BCUT2D eigenvalue weighted by Crippen LogP contribution is 2.41. The van der Waals surface area contributed by atoms with E-state index in [1.807, 2.05) is 0 Å². The van der Waals surface area contributed by atoms with Gasteiger partial charge >= 0.3 is 12.3 Å². The molecule has 2 atom stereocenters. The summed E-state index contributed by atoms with van der Waals surface area (Å²) in [5.74, 6) is 0.837. The van der Waals surface area contributed by atoms with Crippen LogP contribution in [0.25, 0.3) is 22.2 Å². The van der Waals surface area contributed by atoms with E-state index in [-0.39, 0.29) is 17.2 Å². The van der Waals surface area contributed by atoms with Gasteiger partial charge in [-0.1, -0.05) is 18.9 Å². The summed E-state index contributed by atoms with van der Waals surface area (Å²) < 4.78 is 46.7. The molecule has 2 aromatic heterocycles. The van der Waals surface area contributed by atoms with E-state index in [1.165, 1.54) is 13.3 Å². The highest BCUT2D eigenvalue weighted by Gasteiger charge is 2.36. The number of hydrogen-bond donors (Lipinski definition) is 4. The van der Waals surface area contributed by atoms with Gasteiger partial charge in [0.05, 0.1) is 28.5 Å². The molecule has 0 unspecified atom stereocenters. The van der Waals surface area contributed by atoms with Crippen molar-refractivity contribution in [2.24, 2.45) is 17.6 Å². The highest BCUT2D eigenvalue weighted by molar-refractivity contribution is 9.10. The molecule has 2 heterocycles. The van der Waals surface area contributed by atoms with Crippen molar-refractivity contribution in [3.05, 3.63) is 34.6 Å². The second-order valence-electron chi connectivity index (χ2n) is 8.54. The first kappa shape index (κ1) is 25.2. The average Bonchev–Trinajstić information content (AvgIpc) is 3.28. The van der Waals surface area contributed by atoms with E-state index < -0.39 is 17.8 Å². The molecule has 0 saturated heterocycles. The number of hydrogen-bond acceptors (Lipinski definition) is 6. The third-order valence-corrected chi connectivity index (χ3v) is 7.28. The van der Waals surface area contributed by atoms with E-state index in [0.717, 1.165) is 31.9 Å².